The fourth-order valence-electron chi connectivity index (χ4n) is 6.83. The first-order valence-corrected chi connectivity index (χ1v) is 11.9. The molecule has 0 saturated carbocycles. The van der Waals surface area contributed by atoms with Crippen molar-refractivity contribution in [2.75, 3.05) is 0 Å². The molecule has 0 saturated heterocycles. The van der Waals surface area contributed by atoms with E-state index in [-0.39, 0.29) is 11.8 Å². The summed E-state index contributed by atoms with van der Waals surface area (Å²) in [6, 6.07) is 38.4. The molecule has 2 atom stereocenters. The van der Waals surface area contributed by atoms with Crippen LogP contribution in [0.1, 0.15) is 33.4 Å². The quantitative estimate of drug-likeness (QED) is 0.340. The van der Waals surface area contributed by atoms with Gasteiger partial charge in [-0.3, -0.25) is 0 Å². The molecule has 0 N–H and O–H groups in total. The largest absolute Gasteiger partial charge is 0.477 e. The Hall–Kier alpha value is -4.04. The Morgan fingerprint density at radius 3 is 1.09 bits per heavy atom. The Labute approximate surface area is 198 Å². The molecule has 162 valence electrons. The van der Waals surface area contributed by atoms with Gasteiger partial charge >= 0.3 is 0 Å². The van der Waals surface area contributed by atoms with Crippen LogP contribution in [0.15, 0.2) is 121 Å². The predicted molar refractivity (Wildman–Crippen MR) is 132 cm³/mol. The van der Waals surface area contributed by atoms with Crippen LogP contribution in [-0.4, -0.2) is 0 Å². The van der Waals surface area contributed by atoms with Crippen molar-refractivity contribution in [2.24, 2.45) is 11.8 Å². The van der Waals surface area contributed by atoms with Gasteiger partial charge in [0.2, 0.25) is 0 Å². The minimum atomic E-state index is -0.559. The smallest absolute Gasteiger partial charge is 0.167 e. The van der Waals surface area contributed by atoms with Crippen LogP contribution < -0.4 is 0 Å². The summed E-state index contributed by atoms with van der Waals surface area (Å²) in [6.45, 7) is 0. The van der Waals surface area contributed by atoms with E-state index in [0.717, 1.165) is 22.6 Å². The van der Waals surface area contributed by atoms with Crippen LogP contribution in [0, 0.1) is 11.8 Å². The molecule has 4 aromatic carbocycles. The summed E-state index contributed by atoms with van der Waals surface area (Å²) in [5.41, 5.74) is 6.00. The zero-order valence-corrected chi connectivity index (χ0v) is 18.5. The van der Waals surface area contributed by atoms with Gasteiger partial charge in [-0.05, 0) is 12.2 Å². The number of ether oxygens (including phenoxy) is 2. The Morgan fingerprint density at radius 2 is 0.735 bits per heavy atom. The maximum absolute atomic E-state index is 7.10. The number of hydrogen-bond donors (Lipinski definition) is 0. The lowest BCUT2D eigenvalue weighted by Gasteiger charge is -2.56. The number of benzene rings is 4. The molecule has 5 aliphatic rings. The fourth-order valence-corrected chi connectivity index (χ4v) is 6.83. The molecular formula is C32H22O2. The monoisotopic (exact) mass is 438 g/mol. The van der Waals surface area contributed by atoms with Crippen LogP contribution in [0.3, 0.4) is 0 Å². The molecule has 3 aliphatic carbocycles. The minimum Gasteiger partial charge on any atom is -0.477 e. The van der Waals surface area contributed by atoms with Gasteiger partial charge in [-0.25, -0.2) is 0 Å². The van der Waals surface area contributed by atoms with Crippen LogP contribution in [0.2, 0.25) is 0 Å². The van der Waals surface area contributed by atoms with Crippen LogP contribution in [0.25, 0.3) is 11.5 Å². The zero-order valence-electron chi connectivity index (χ0n) is 18.5. The average molecular weight is 439 g/mol. The van der Waals surface area contributed by atoms with E-state index in [0.29, 0.717) is 0 Å². The van der Waals surface area contributed by atoms with Gasteiger partial charge in [-0.15, -0.1) is 0 Å². The van der Waals surface area contributed by atoms with Gasteiger partial charge < -0.3 is 9.47 Å². The van der Waals surface area contributed by atoms with E-state index >= 15 is 0 Å². The van der Waals surface area contributed by atoms with E-state index in [1.807, 2.05) is 0 Å². The van der Waals surface area contributed by atoms with Gasteiger partial charge in [0.1, 0.15) is 11.5 Å². The van der Waals surface area contributed by atoms with Crippen molar-refractivity contribution in [3.63, 3.8) is 0 Å². The van der Waals surface area contributed by atoms with Gasteiger partial charge in [0.25, 0.3) is 0 Å². The van der Waals surface area contributed by atoms with Crippen LogP contribution >= 0.6 is 0 Å². The van der Waals surface area contributed by atoms with E-state index < -0.39 is 11.2 Å². The Bertz CT molecular complexity index is 1350. The highest BCUT2D eigenvalue weighted by molar-refractivity contribution is 5.75. The van der Waals surface area contributed by atoms with Crippen LogP contribution in [-0.2, 0) is 20.7 Å². The van der Waals surface area contributed by atoms with Crippen molar-refractivity contribution in [1.29, 1.82) is 0 Å². The Kier molecular flexibility index (Phi) is 3.41. The second-order valence-corrected chi connectivity index (χ2v) is 9.61. The van der Waals surface area contributed by atoms with Gasteiger partial charge in [0.15, 0.2) is 11.2 Å². The molecule has 2 spiro atoms. The molecule has 0 amide bonds. The summed E-state index contributed by atoms with van der Waals surface area (Å²) >= 11 is 0. The van der Waals surface area contributed by atoms with E-state index in [4.69, 9.17) is 9.47 Å². The maximum Gasteiger partial charge on any atom is 0.167 e. The van der Waals surface area contributed by atoms with Crippen LogP contribution in [0.5, 0.6) is 0 Å². The third-order valence-corrected chi connectivity index (χ3v) is 8.10. The summed E-state index contributed by atoms with van der Waals surface area (Å²) in [5, 5.41) is 0. The van der Waals surface area contributed by atoms with E-state index in [1.165, 1.54) is 22.3 Å². The van der Waals surface area contributed by atoms with Gasteiger partial charge in [0.05, 0.1) is 0 Å². The van der Waals surface area contributed by atoms with Gasteiger partial charge in [-0.2, -0.15) is 0 Å². The highest BCUT2D eigenvalue weighted by Gasteiger charge is 2.71. The van der Waals surface area contributed by atoms with Crippen molar-refractivity contribution < 1.29 is 9.47 Å². The molecule has 2 bridgehead atoms. The highest BCUT2D eigenvalue weighted by atomic mass is 16.5. The molecule has 9 rings (SSSR count). The summed E-state index contributed by atoms with van der Waals surface area (Å²) in [7, 11) is 0. The van der Waals surface area contributed by atoms with E-state index in [1.54, 1.807) is 0 Å². The molecule has 2 aliphatic heterocycles. The second-order valence-electron chi connectivity index (χ2n) is 9.61. The highest BCUT2D eigenvalue weighted by Crippen LogP contribution is 2.71. The summed E-state index contributed by atoms with van der Waals surface area (Å²) in [6.07, 6.45) is 4.71. The lowest BCUT2D eigenvalue weighted by atomic mass is 9.50. The molecule has 2 unspecified atom stereocenters. The zero-order chi connectivity index (χ0) is 22.3. The molecule has 0 fully saturated rings. The molecule has 2 heteroatoms. The third kappa shape index (κ3) is 2.03. The molecule has 4 aromatic rings. The SMILES string of the molecule is C1=C(c2ccccc2)OC23c4ccccc4C4(OC(c5ccccc5)=CC4C12)c1ccccc13. The lowest BCUT2D eigenvalue weighted by molar-refractivity contribution is -0.0640. The lowest BCUT2D eigenvalue weighted by Crippen LogP contribution is -2.58. The standard InChI is InChI=1S/C32H22O2/c1-3-11-21(12-4-1)29-19-27-28-20-30(22-13-5-2-6-14-22)34-32(28)25-17-9-7-15-23(25)31(27,33-29)24-16-8-10-18-26(24)32/h1-20,27-28H. The fraction of sp³-hybridized carbons (Fsp3) is 0.125. The molecule has 34 heavy (non-hydrogen) atoms. The van der Waals surface area contributed by atoms with Crippen molar-refractivity contribution in [2.45, 2.75) is 11.2 Å². The van der Waals surface area contributed by atoms with Gasteiger partial charge in [-0.1, -0.05) is 109 Å². The predicted octanol–water partition coefficient (Wildman–Crippen LogP) is 6.88. The van der Waals surface area contributed by atoms with Crippen molar-refractivity contribution in [3.8, 4) is 0 Å². The summed E-state index contributed by atoms with van der Waals surface area (Å²) in [5.74, 6) is 2.17. The molecule has 0 aromatic heterocycles. The molecule has 0 radical (unpaired) electrons. The van der Waals surface area contributed by atoms with Crippen molar-refractivity contribution >= 4 is 11.5 Å². The first-order chi connectivity index (χ1) is 16.8. The second kappa shape index (κ2) is 6.30. The van der Waals surface area contributed by atoms with Crippen LogP contribution in [0.4, 0.5) is 0 Å². The average Bonchev–Trinajstić information content (AvgIpc) is 3.52. The molecular weight excluding hydrogens is 416 g/mol. The number of hydrogen-bond acceptors (Lipinski definition) is 2. The van der Waals surface area contributed by atoms with Crippen molar-refractivity contribution in [1.82, 2.24) is 0 Å². The van der Waals surface area contributed by atoms with E-state index in [2.05, 4.69) is 121 Å². The Morgan fingerprint density at radius 1 is 0.412 bits per heavy atom. The Balaban J connectivity index is 1.44. The summed E-state index contributed by atoms with van der Waals surface area (Å²) in [4.78, 5) is 0. The third-order valence-electron chi connectivity index (χ3n) is 8.10. The first-order valence-electron chi connectivity index (χ1n) is 11.9. The van der Waals surface area contributed by atoms with E-state index in [9.17, 15) is 0 Å². The molecule has 2 nitrogen and oxygen atoms in total. The van der Waals surface area contributed by atoms with Gasteiger partial charge in [0, 0.05) is 45.2 Å². The minimum absolute atomic E-state index is 0.133. The topological polar surface area (TPSA) is 18.5 Å². The first kappa shape index (κ1) is 18.4. The molecule has 2 heterocycles. The number of rotatable bonds is 2. The van der Waals surface area contributed by atoms with Crippen molar-refractivity contribution in [3.05, 3.63) is 155 Å². The maximum atomic E-state index is 7.10. The normalized spacial score (nSPS) is 29.1. The summed E-state index contributed by atoms with van der Waals surface area (Å²) < 4.78 is 14.2.